The second-order valence-electron chi connectivity index (χ2n) is 3.08. The minimum Gasteiger partial charge on any atom is -0.349 e. The van der Waals surface area contributed by atoms with Crippen LogP contribution in [0.15, 0.2) is 24.3 Å². The molecule has 0 bridgehead atoms. The van der Waals surface area contributed by atoms with E-state index in [-0.39, 0.29) is 11.7 Å². The molecule has 2 radical (unpaired) electrons. The summed E-state index contributed by atoms with van der Waals surface area (Å²) in [6, 6.07) is 5.67. The smallest absolute Gasteiger partial charge is 0.269 e. The number of rotatable bonds is 3. The van der Waals surface area contributed by atoms with E-state index in [0.717, 1.165) is 5.56 Å². The maximum Gasteiger partial charge on any atom is 0.269 e. The van der Waals surface area contributed by atoms with E-state index in [2.05, 4.69) is 5.32 Å². The second-order valence-corrected chi connectivity index (χ2v) is 3.08. The maximum absolute atomic E-state index is 10.6. The summed E-state index contributed by atoms with van der Waals surface area (Å²) in [6.45, 7) is 6.69. The predicted octanol–water partition coefficient (Wildman–Crippen LogP) is 1.48. The van der Waals surface area contributed by atoms with Gasteiger partial charge in [-0.25, -0.2) is 0 Å². The van der Waals surface area contributed by atoms with Gasteiger partial charge in [0.15, 0.2) is 0 Å². The van der Waals surface area contributed by atoms with Crippen molar-refractivity contribution in [1.82, 2.24) is 5.32 Å². The van der Waals surface area contributed by atoms with E-state index < -0.39 is 10.8 Å². The van der Waals surface area contributed by atoms with Gasteiger partial charge in [0.2, 0.25) is 5.91 Å². The Morgan fingerprint density at radius 3 is 2.40 bits per heavy atom. The molecule has 0 spiro atoms. The van der Waals surface area contributed by atoms with E-state index in [4.69, 9.17) is 6.92 Å². The fourth-order valence-electron chi connectivity index (χ4n) is 1.18. The Morgan fingerprint density at radius 2 is 2.00 bits per heavy atom. The molecule has 1 amide bonds. The highest BCUT2D eigenvalue weighted by atomic mass is 16.6. The lowest BCUT2D eigenvalue weighted by molar-refractivity contribution is -0.384. The number of hydrogen-bond acceptors (Lipinski definition) is 3. The Bertz CT molecular complexity index is 373. The van der Waals surface area contributed by atoms with Gasteiger partial charge < -0.3 is 5.32 Å². The minimum absolute atomic E-state index is 0.0185. The average molecular weight is 206 g/mol. The first-order chi connectivity index (χ1) is 7.00. The van der Waals surface area contributed by atoms with E-state index in [1.54, 1.807) is 19.1 Å². The molecule has 1 unspecified atom stereocenters. The zero-order valence-corrected chi connectivity index (χ0v) is 8.14. The molecule has 5 heteroatoms. The van der Waals surface area contributed by atoms with Crippen LogP contribution >= 0.6 is 0 Å². The molecule has 78 valence electrons. The third kappa shape index (κ3) is 3.05. The average Bonchev–Trinajstić information content (AvgIpc) is 2.17. The van der Waals surface area contributed by atoms with Crippen molar-refractivity contribution in [2.24, 2.45) is 0 Å². The molecule has 1 N–H and O–H groups in total. The number of non-ortho nitro benzene ring substituents is 1. The van der Waals surface area contributed by atoms with Crippen molar-refractivity contribution in [1.29, 1.82) is 0 Å². The van der Waals surface area contributed by atoms with Gasteiger partial charge in [-0.05, 0) is 12.5 Å². The molecular weight excluding hydrogens is 196 g/mol. The fraction of sp³-hybridized carbons (Fsp3) is 0.200. The van der Waals surface area contributed by atoms with Gasteiger partial charge in [0.1, 0.15) is 0 Å². The van der Waals surface area contributed by atoms with Gasteiger partial charge in [0.25, 0.3) is 5.69 Å². The second kappa shape index (κ2) is 4.54. The summed E-state index contributed by atoms with van der Waals surface area (Å²) in [7, 11) is 0. The van der Waals surface area contributed by atoms with Gasteiger partial charge in [-0.2, -0.15) is 0 Å². The minimum atomic E-state index is -0.624. The molecule has 5 nitrogen and oxygen atoms in total. The van der Waals surface area contributed by atoms with E-state index in [1.165, 1.54) is 12.1 Å². The Kier molecular flexibility index (Phi) is 3.38. The van der Waals surface area contributed by atoms with Crippen molar-refractivity contribution in [3.05, 3.63) is 46.9 Å². The molecule has 0 aromatic heterocycles. The summed E-state index contributed by atoms with van der Waals surface area (Å²) in [5.74, 6) is -0.624. The molecule has 0 saturated heterocycles. The molecule has 0 fully saturated rings. The van der Waals surface area contributed by atoms with Crippen LogP contribution in [0.25, 0.3) is 0 Å². The van der Waals surface area contributed by atoms with Gasteiger partial charge >= 0.3 is 0 Å². The van der Waals surface area contributed by atoms with Crippen LogP contribution in [0, 0.1) is 17.0 Å². The van der Waals surface area contributed by atoms with E-state index in [1.807, 2.05) is 0 Å². The van der Waals surface area contributed by atoms with Crippen molar-refractivity contribution in [2.45, 2.75) is 13.0 Å². The normalized spacial score (nSPS) is 11.9. The molecule has 1 aromatic rings. The van der Waals surface area contributed by atoms with Gasteiger partial charge in [0, 0.05) is 12.1 Å². The number of amides is 1. The quantitative estimate of drug-likeness (QED) is 0.601. The van der Waals surface area contributed by atoms with Crippen LogP contribution < -0.4 is 5.32 Å². The van der Waals surface area contributed by atoms with Crippen LogP contribution in [0.5, 0.6) is 0 Å². The molecule has 0 aliphatic rings. The molecule has 0 aliphatic heterocycles. The molecule has 0 aliphatic carbocycles. The summed E-state index contributed by atoms with van der Waals surface area (Å²) in [6.07, 6.45) is 0. The van der Waals surface area contributed by atoms with Crippen LogP contribution in [0.4, 0.5) is 5.69 Å². The van der Waals surface area contributed by atoms with Crippen LogP contribution in [0.1, 0.15) is 18.5 Å². The van der Waals surface area contributed by atoms with Gasteiger partial charge in [-0.3, -0.25) is 14.9 Å². The summed E-state index contributed by atoms with van der Waals surface area (Å²) < 4.78 is 0. The molecule has 1 atom stereocenters. The lowest BCUT2D eigenvalue weighted by Crippen LogP contribution is -2.23. The SMILES string of the molecule is [CH]C(=O)NC(C)c1ccc([N+](=O)[O-])cc1. The highest BCUT2D eigenvalue weighted by Crippen LogP contribution is 2.17. The monoisotopic (exact) mass is 206 g/mol. The molecule has 0 saturated carbocycles. The van der Waals surface area contributed by atoms with E-state index >= 15 is 0 Å². The van der Waals surface area contributed by atoms with Gasteiger partial charge in [0.05, 0.1) is 17.9 Å². The largest absolute Gasteiger partial charge is 0.349 e. The van der Waals surface area contributed by atoms with Gasteiger partial charge in [-0.15, -0.1) is 0 Å². The first kappa shape index (κ1) is 11.2. The molecule has 1 rings (SSSR count). The third-order valence-electron chi connectivity index (χ3n) is 1.96. The maximum atomic E-state index is 10.6. The first-order valence-electron chi connectivity index (χ1n) is 4.31. The highest BCUT2D eigenvalue weighted by Gasteiger charge is 2.09. The highest BCUT2D eigenvalue weighted by molar-refractivity contribution is 5.80. The molecule has 15 heavy (non-hydrogen) atoms. The van der Waals surface area contributed by atoms with Crippen LogP contribution in [0.2, 0.25) is 0 Å². The molecule has 1 aromatic carbocycles. The molecule has 0 heterocycles. The number of nitro groups is 1. The Labute approximate surface area is 87.3 Å². The number of hydrogen-bond donors (Lipinski definition) is 1. The topological polar surface area (TPSA) is 72.2 Å². The number of carbonyl (C=O) groups is 1. The lowest BCUT2D eigenvalue weighted by Gasteiger charge is -2.11. The summed E-state index contributed by atoms with van der Waals surface area (Å²) in [5, 5.41) is 12.9. The van der Waals surface area contributed by atoms with Crippen molar-refractivity contribution in [3.8, 4) is 0 Å². The summed E-state index contributed by atoms with van der Waals surface area (Å²) in [4.78, 5) is 20.5. The van der Waals surface area contributed by atoms with Crippen LogP contribution in [0.3, 0.4) is 0 Å². The number of nitro benzene ring substituents is 1. The molecular formula is C10H10N2O3. The third-order valence-corrected chi connectivity index (χ3v) is 1.96. The van der Waals surface area contributed by atoms with Crippen molar-refractivity contribution in [3.63, 3.8) is 0 Å². The van der Waals surface area contributed by atoms with Gasteiger partial charge in [-0.1, -0.05) is 12.1 Å². The number of nitrogens with zero attached hydrogens (tertiary/aromatic N) is 1. The van der Waals surface area contributed by atoms with Crippen LogP contribution in [-0.2, 0) is 4.79 Å². The van der Waals surface area contributed by atoms with Crippen molar-refractivity contribution >= 4 is 11.6 Å². The van der Waals surface area contributed by atoms with Crippen molar-refractivity contribution in [2.75, 3.05) is 0 Å². The zero-order chi connectivity index (χ0) is 11.4. The lowest BCUT2D eigenvalue weighted by atomic mass is 10.1. The standard InChI is InChI=1S/C10H10N2O3/c1-7(11-8(2)13)9-3-5-10(6-4-9)12(14)15/h2-7H,1H3,(H,11,13). The number of benzene rings is 1. The van der Waals surface area contributed by atoms with E-state index in [9.17, 15) is 14.9 Å². The summed E-state index contributed by atoms with van der Waals surface area (Å²) >= 11 is 0. The first-order valence-corrected chi connectivity index (χ1v) is 4.31. The van der Waals surface area contributed by atoms with E-state index in [0.29, 0.717) is 0 Å². The Balaban J connectivity index is 2.79. The summed E-state index contributed by atoms with van der Waals surface area (Å²) in [5.41, 5.74) is 0.782. The number of nitrogens with one attached hydrogen (secondary N) is 1. The van der Waals surface area contributed by atoms with Crippen LogP contribution in [-0.4, -0.2) is 10.8 Å². The Hall–Kier alpha value is -1.91. The zero-order valence-electron chi connectivity index (χ0n) is 8.14. The number of carbonyl (C=O) groups excluding carboxylic acids is 1. The fourth-order valence-corrected chi connectivity index (χ4v) is 1.18. The Morgan fingerprint density at radius 1 is 1.47 bits per heavy atom. The predicted molar refractivity (Wildman–Crippen MR) is 54.0 cm³/mol. The van der Waals surface area contributed by atoms with Crippen molar-refractivity contribution < 1.29 is 9.72 Å².